The first kappa shape index (κ1) is 13.1. The summed E-state index contributed by atoms with van der Waals surface area (Å²) in [4.78, 5) is 22.7. The van der Waals surface area contributed by atoms with E-state index in [-0.39, 0.29) is 18.9 Å². The Kier molecular flexibility index (Phi) is 3.00. The first-order valence-electron chi connectivity index (χ1n) is 5.49. The fourth-order valence-electron chi connectivity index (χ4n) is 2.66. The van der Waals surface area contributed by atoms with Crippen LogP contribution in [0.1, 0.15) is 19.8 Å². The normalized spacial score (nSPS) is 35.7. The summed E-state index contributed by atoms with van der Waals surface area (Å²) in [6.45, 7) is 1.68. The zero-order chi connectivity index (χ0) is 13.7. The van der Waals surface area contributed by atoms with Crippen molar-refractivity contribution < 1.29 is 32.6 Å². The van der Waals surface area contributed by atoms with Crippen LogP contribution in [0.15, 0.2) is 0 Å². The minimum atomic E-state index is -5.06. The highest BCUT2D eigenvalue weighted by molar-refractivity contribution is 5.88. The molecular weight excluding hydrogens is 255 g/mol. The van der Waals surface area contributed by atoms with E-state index in [1.807, 2.05) is 0 Å². The molecule has 0 bridgehead atoms. The summed E-state index contributed by atoms with van der Waals surface area (Å²) in [5, 5.41) is 8.90. The third-order valence-corrected chi connectivity index (χ3v) is 3.32. The maximum absolute atomic E-state index is 12.5. The van der Waals surface area contributed by atoms with Crippen molar-refractivity contribution in [1.29, 1.82) is 0 Å². The second kappa shape index (κ2) is 4.11. The Morgan fingerprint density at radius 2 is 1.94 bits per heavy atom. The molecule has 4 atom stereocenters. The fraction of sp³-hybridized carbons (Fsp3) is 0.800. The number of alkyl halides is 3. The molecule has 8 heteroatoms. The molecule has 2 aliphatic heterocycles. The molecule has 2 saturated heterocycles. The predicted octanol–water partition coefficient (Wildman–Crippen LogP) is 0.780. The Morgan fingerprint density at radius 3 is 2.44 bits per heavy atom. The van der Waals surface area contributed by atoms with Gasteiger partial charge in [-0.3, -0.25) is 4.79 Å². The average molecular weight is 267 g/mol. The number of hydrogen-bond acceptors (Lipinski definition) is 3. The largest absolute Gasteiger partial charge is 0.480 e. The van der Waals surface area contributed by atoms with Gasteiger partial charge in [0.15, 0.2) is 0 Å². The van der Waals surface area contributed by atoms with Gasteiger partial charge in [-0.05, 0) is 13.3 Å². The molecule has 2 fully saturated rings. The van der Waals surface area contributed by atoms with E-state index in [1.54, 1.807) is 6.92 Å². The lowest BCUT2D eigenvalue weighted by atomic mass is 10.1. The van der Waals surface area contributed by atoms with Gasteiger partial charge >= 0.3 is 18.1 Å². The molecule has 0 aromatic carbocycles. The number of carbonyl (C=O) groups is 2. The molecule has 0 aromatic heterocycles. The number of carboxylic acid groups (broad SMARTS) is 1. The van der Waals surface area contributed by atoms with Crippen molar-refractivity contribution >= 4 is 11.9 Å². The highest BCUT2D eigenvalue weighted by Gasteiger charge is 2.57. The van der Waals surface area contributed by atoms with Gasteiger partial charge in [0.05, 0.1) is 18.2 Å². The molecule has 5 nitrogen and oxygen atoms in total. The Morgan fingerprint density at radius 1 is 1.33 bits per heavy atom. The molecule has 0 spiro atoms. The van der Waals surface area contributed by atoms with E-state index in [0.29, 0.717) is 4.90 Å². The standard InChI is InChI=1S/C10H12F3NO4/c1-4-2-5-7(18-4)3-6(8(15)16)14(5)9(17)10(11,12)13/h4-7H,2-3H2,1H3,(H,15,16)/t4-,5+,6+,7+/m1/s1. The van der Waals surface area contributed by atoms with Crippen LogP contribution in [0, 0.1) is 0 Å². The Bertz CT molecular complexity index is 384. The lowest BCUT2D eigenvalue weighted by Gasteiger charge is -2.27. The van der Waals surface area contributed by atoms with Crippen LogP contribution in [0.4, 0.5) is 13.2 Å². The van der Waals surface area contributed by atoms with E-state index in [9.17, 15) is 22.8 Å². The summed E-state index contributed by atoms with van der Waals surface area (Å²) in [6, 6.07) is -2.25. The van der Waals surface area contributed by atoms with Crippen LogP contribution < -0.4 is 0 Å². The third-order valence-electron chi connectivity index (χ3n) is 3.32. The molecule has 0 aromatic rings. The van der Waals surface area contributed by atoms with Gasteiger partial charge in [-0.25, -0.2) is 4.79 Å². The van der Waals surface area contributed by atoms with Crippen molar-refractivity contribution in [2.24, 2.45) is 0 Å². The zero-order valence-corrected chi connectivity index (χ0v) is 9.48. The van der Waals surface area contributed by atoms with Gasteiger partial charge in [0.1, 0.15) is 6.04 Å². The topological polar surface area (TPSA) is 66.8 Å². The first-order valence-corrected chi connectivity index (χ1v) is 5.49. The van der Waals surface area contributed by atoms with Gasteiger partial charge in [-0.15, -0.1) is 0 Å². The van der Waals surface area contributed by atoms with Gasteiger partial charge in [-0.1, -0.05) is 0 Å². The number of likely N-dealkylation sites (tertiary alicyclic amines) is 1. The van der Waals surface area contributed by atoms with Crippen LogP contribution in [0.2, 0.25) is 0 Å². The summed E-state index contributed by atoms with van der Waals surface area (Å²) >= 11 is 0. The van der Waals surface area contributed by atoms with Crippen molar-refractivity contribution in [3.8, 4) is 0 Å². The highest BCUT2D eigenvalue weighted by atomic mass is 19.4. The van der Waals surface area contributed by atoms with Crippen molar-refractivity contribution in [2.75, 3.05) is 0 Å². The lowest BCUT2D eigenvalue weighted by Crippen LogP contribution is -2.50. The smallest absolute Gasteiger partial charge is 0.471 e. The fourth-order valence-corrected chi connectivity index (χ4v) is 2.66. The molecule has 1 N–H and O–H groups in total. The minimum Gasteiger partial charge on any atom is -0.480 e. The monoisotopic (exact) mass is 267 g/mol. The SMILES string of the molecule is C[C@@H]1C[C@H]2[C@H](C[C@@H](C(=O)O)N2C(=O)C(F)(F)F)O1. The Hall–Kier alpha value is -1.31. The number of halogens is 3. The van der Waals surface area contributed by atoms with Crippen molar-refractivity contribution in [1.82, 2.24) is 4.90 Å². The molecule has 2 rings (SSSR count). The number of fused-ring (bicyclic) bond motifs is 1. The van der Waals surface area contributed by atoms with Gasteiger partial charge in [-0.2, -0.15) is 13.2 Å². The Labute approximate surface area is 100 Å². The summed E-state index contributed by atoms with van der Waals surface area (Å²) in [5.41, 5.74) is 0. The van der Waals surface area contributed by atoms with E-state index in [4.69, 9.17) is 9.84 Å². The highest BCUT2D eigenvalue weighted by Crippen LogP contribution is 2.38. The lowest BCUT2D eigenvalue weighted by molar-refractivity contribution is -0.190. The third kappa shape index (κ3) is 2.05. The number of hydrogen-bond donors (Lipinski definition) is 1. The van der Waals surface area contributed by atoms with Crippen LogP contribution in [0.25, 0.3) is 0 Å². The molecule has 102 valence electrons. The van der Waals surface area contributed by atoms with Gasteiger partial charge in [0, 0.05) is 6.42 Å². The van der Waals surface area contributed by atoms with E-state index >= 15 is 0 Å². The van der Waals surface area contributed by atoms with E-state index in [0.717, 1.165) is 0 Å². The molecule has 2 aliphatic rings. The zero-order valence-electron chi connectivity index (χ0n) is 9.48. The number of nitrogens with zero attached hydrogens (tertiary/aromatic N) is 1. The number of rotatable bonds is 1. The van der Waals surface area contributed by atoms with Crippen molar-refractivity contribution in [3.63, 3.8) is 0 Å². The van der Waals surface area contributed by atoms with Crippen molar-refractivity contribution in [2.45, 2.75) is 50.2 Å². The second-order valence-electron chi connectivity index (χ2n) is 4.59. The molecule has 0 unspecified atom stereocenters. The first-order chi connectivity index (χ1) is 8.21. The number of carboxylic acids is 1. The molecular formula is C10H12F3NO4. The van der Waals surface area contributed by atoms with E-state index < -0.39 is 36.2 Å². The van der Waals surface area contributed by atoms with Crippen LogP contribution in [-0.2, 0) is 14.3 Å². The number of aliphatic carboxylic acids is 1. The predicted molar refractivity (Wildman–Crippen MR) is 51.7 cm³/mol. The molecule has 0 radical (unpaired) electrons. The van der Waals surface area contributed by atoms with Crippen molar-refractivity contribution in [3.05, 3.63) is 0 Å². The van der Waals surface area contributed by atoms with Crippen LogP contribution in [-0.4, -0.2) is 52.4 Å². The Balaban J connectivity index is 2.27. The average Bonchev–Trinajstić information content (AvgIpc) is 2.70. The van der Waals surface area contributed by atoms with Crippen LogP contribution >= 0.6 is 0 Å². The van der Waals surface area contributed by atoms with E-state index in [1.165, 1.54) is 0 Å². The minimum absolute atomic E-state index is 0.0911. The molecule has 0 saturated carbocycles. The quantitative estimate of drug-likeness (QED) is 0.762. The molecule has 1 amide bonds. The second-order valence-corrected chi connectivity index (χ2v) is 4.59. The maximum atomic E-state index is 12.5. The summed E-state index contributed by atoms with van der Waals surface area (Å²) in [5.74, 6) is -3.53. The summed E-state index contributed by atoms with van der Waals surface area (Å²) in [7, 11) is 0. The molecule has 18 heavy (non-hydrogen) atoms. The number of amides is 1. The van der Waals surface area contributed by atoms with Gasteiger partial charge in [0.2, 0.25) is 0 Å². The summed E-state index contributed by atoms with van der Waals surface area (Å²) in [6.07, 6.45) is -5.80. The summed E-state index contributed by atoms with van der Waals surface area (Å²) < 4.78 is 42.7. The number of carbonyl (C=O) groups excluding carboxylic acids is 1. The van der Waals surface area contributed by atoms with Gasteiger partial charge in [0.25, 0.3) is 0 Å². The van der Waals surface area contributed by atoms with Gasteiger partial charge < -0.3 is 14.7 Å². The van der Waals surface area contributed by atoms with Crippen LogP contribution in [0.3, 0.4) is 0 Å². The molecule has 0 aliphatic carbocycles. The molecule has 2 heterocycles. The maximum Gasteiger partial charge on any atom is 0.471 e. The van der Waals surface area contributed by atoms with Crippen LogP contribution in [0.5, 0.6) is 0 Å². The van der Waals surface area contributed by atoms with E-state index in [2.05, 4.69) is 0 Å². The number of ether oxygens (including phenoxy) is 1.